The number of piperazine rings is 1. The lowest BCUT2D eigenvalue weighted by Crippen LogP contribution is -2.54. The molecule has 0 aromatic heterocycles. The molecule has 0 unspecified atom stereocenters. The smallest absolute Gasteiger partial charge is 0.235 e. The van der Waals surface area contributed by atoms with Crippen molar-refractivity contribution in [3.8, 4) is 6.07 Å². The van der Waals surface area contributed by atoms with Crippen molar-refractivity contribution in [1.82, 2.24) is 15.1 Å². The molecule has 1 saturated heterocycles. The van der Waals surface area contributed by atoms with E-state index < -0.39 is 5.54 Å². The number of rotatable bonds is 5. The minimum Gasteiger partial charge on any atom is -0.337 e. The quantitative estimate of drug-likeness (QED) is 0.892. The molecule has 0 spiro atoms. The molecule has 1 aliphatic heterocycles. The summed E-state index contributed by atoms with van der Waals surface area (Å²) in [4.78, 5) is 17.0. The SMILES string of the molecule is N#CC1(NC(=O)CN2CCN(Cc3ccccc3)CC2)CCCCC1. The maximum atomic E-state index is 12.4. The molecule has 1 amide bonds. The van der Waals surface area contributed by atoms with Gasteiger partial charge in [-0.1, -0.05) is 49.6 Å². The van der Waals surface area contributed by atoms with Crippen molar-refractivity contribution in [2.45, 2.75) is 44.2 Å². The van der Waals surface area contributed by atoms with Gasteiger partial charge in [-0.15, -0.1) is 0 Å². The highest BCUT2D eigenvalue weighted by Crippen LogP contribution is 2.27. The highest BCUT2D eigenvalue weighted by Gasteiger charge is 2.34. The molecule has 1 aliphatic carbocycles. The summed E-state index contributed by atoms with van der Waals surface area (Å²) in [7, 11) is 0. The molecule has 1 aromatic rings. The summed E-state index contributed by atoms with van der Waals surface area (Å²) < 4.78 is 0. The van der Waals surface area contributed by atoms with Gasteiger partial charge in [-0.05, 0) is 18.4 Å². The Bertz CT molecular complexity index is 596. The van der Waals surface area contributed by atoms with Gasteiger partial charge in [-0.2, -0.15) is 5.26 Å². The summed E-state index contributed by atoms with van der Waals surface area (Å²) >= 11 is 0. The van der Waals surface area contributed by atoms with Crippen LogP contribution in [0, 0.1) is 11.3 Å². The minimum atomic E-state index is -0.621. The van der Waals surface area contributed by atoms with E-state index in [9.17, 15) is 10.1 Å². The summed E-state index contributed by atoms with van der Waals surface area (Å²) in [6.45, 7) is 5.14. The highest BCUT2D eigenvalue weighted by molar-refractivity contribution is 5.79. The van der Waals surface area contributed by atoms with Crippen LogP contribution >= 0.6 is 0 Å². The molecule has 3 rings (SSSR count). The molecule has 1 heterocycles. The zero-order valence-corrected chi connectivity index (χ0v) is 14.9. The van der Waals surface area contributed by atoms with Crippen LogP contribution in [0.5, 0.6) is 0 Å². The van der Waals surface area contributed by atoms with Crippen molar-refractivity contribution in [2.75, 3.05) is 32.7 Å². The summed E-state index contributed by atoms with van der Waals surface area (Å²) in [5, 5.41) is 12.5. The van der Waals surface area contributed by atoms with Gasteiger partial charge in [0.1, 0.15) is 5.54 Å². The Hall–Kier alpha value is -1.90. The van der Waals surface area contributed by atoms with Crippen molar-refractivity contribution in [3.05, 3.63) is 35.9 Å². The van der Waals surface area contributed by atoms with Crippen LogP contribution in [-0.2, 0) is 11.3 Å². The van der Waals surface area contributed by atoms with Gasteiger partial charge in [-0.3, -0.25) is 14.6 Å². The van der Waals surface area contributed by atoms with Crippen LogP contribution in [0.3, 0.4) is 0 Å². The average molecular weight is 340 g/mol. The number of amides is 1. The fourth-order valence-electron chi connectivity index (χ4n) is 3.88. The number of carbonyl (C=O) groups excluding carboxylic acids is 1. The average Bonchev–Trinajstić information content (AvgIpc) is 2.65. The van der Waals surface area contributed by atoms with Gasteiger partial charge >= 0.3 is 0 Å². The Labute approximate surface area is 150 Å². The second-order valence-corrected chi connectivity index (χ2v) is 7.34. The van der Waals surface area contributed by atoms with Crippen LogP contribution in [0.4, 0.5) is 0 Å². The van der Waals surface area contributed by atoms with Crippen molar-refractivity contribution < 1.29 is 4.79 Å². The second-order valence-electron chi connectivity index (χ2n) is 7.34. The summed E-state index contributed by atoms with van der Waals surface area (Å²) in [5.41, 5.74) is 0.715. The lowest BCUT2D eigenvalue weighted by atomic mass is 9.83. The van der Waals surface area contributed by atoms with Gasteiger partial charge in [0.15, 0.2) is 0 Å². The summed E-state index contributed by atoms with van der Waals surface area (Å²) in [5.74, 6) is -0.0000376. The molecule has 0 radical (unpaired) electrons. The largest absolute Gasteiger partial charge is 0.337 e. The van der Waals surface area contributed by atoms with E-state index in [0.29, 0.717) is 6.54 Å². The number of hydrogen-bond acceptors (Lipinski definition) is 4. The number of nitrogens with one attached hydrogen (secondary N) is 1. The maximum Gasteiger partial charge on any atom is 0.235 e. The van der Waals surface area contributed by atoms with E-state index in [-0.39, 0.29) is 5.91 Å². The maximum absolute atomic E-state index is 12.4. The van der Waals surface area contributed by atoms with Crippen molar-refractivity contribution >= 4 is 5.91 Å². The van der Waals surface area contributed by atoms with Gasteiger partial charge < -0.3 is 5.32 Å². The van der Waals surface area contributed by atoms with Gasteiger partial charge in [0.25, 0.3) is 0 Å². The summed E-state index contributed by atoms with van der Waals surface area (Å²) in [6.07, 6.45) is 4.82. The Kier molecular flexibility index (Phi) is 6.06. The molecule has 1 N–H and O–H groups in total. The van der Waals surface area contributed by atoms with Gasteiger partial charge in [0.2, 0.25) is 5.91 Å². The van der Waals surface area contributed by atoms with E-state index in [1.54, 1.807) is 0 Å². The minimum absolute atomic E-state index is 0.0000376. The zero-order valence-electron chi connectivity index (χ0n) is 14.9. The van der Waals surface area contributed by atoms with Crippen LogP contribution in [0.25, 0.3) is 0 Å². The van der Waals surface area contributed by atoms with Gasteiger partial charge in [-0.25, -0.2) is 0 Å². The predicted octanol–water partition coefficient (Wildman–Crippen LogP) is 2.15. The topological polar surface area (TPSA) is 59.4 Å². The monoisotopic (exact) mass is 340 g/mol. The number of benzene rings is 1. The fraction of sp³-hybridized carbons (Fsp3) is 0.600. The molecule has 0 atom stereocenters. The van der Waals surface area contributed by atoms with Crippen LogP contribution in [0.2, 0.25) is 0 Å². The first-order valence-corrected chi connectivity index (χ1v) is 9.40. The van der Waals surface area contributed by atoms with E-state index in [4.69, 9.17) is 0 Å². The van der Waals surface area contributed by atoms with Crippen LogP contribution in [0.15, 0.2) is 30.3 Å². The number of carbonyl (C=O) groups is 1. The summed E-state index contributed by atoms with van der Waals surface area (Å²) in [6, 6.07) is 12.9. The van der Waals surface area contributed by atoms with Crippen molar-refractivity contribution in [2.24, 2.45) is 0 Å². The first-order chi connectivity index (χ1) is 12.2. The zero-order chi connectivity index (χ0) is 17.5. The standard InChI is InChI=1S/C20H28N4O/c21-17-20(9-5-2-6-10-20)22-19(25)16-24-13-11-23(12-14-24)15-18-7-3-1-4-8-18/h1,3-4,7-8H,2,5-6,9-16H2,(H,22,25). The molecule has 5 heteroatoms. The lowest BCUT2D eigenvalue weighted by molar-refractivity contribution is -0.124. The predicted molar refractivity (Wildman–Crippen MR) is 97.7 cm³/mol. The van der Waals surface area contributed by atoms with Gasteiger partial charge in [0.05, 0.1) is 12.6 Å². The van der Waals surface area contributed by atoms with Crippen LogP contribution in [0.1, 0.15) is 37.7 Å². The Morgan fingerprint density at radius 1 is 1.04 bits per heavy atom. The third-order valence-electron chi connectivity index (χ3n) is 5.38. The Morgan fingerprint density at radius 2 is 1.68 bits per heavy atom. The number of hydrogen-bond donors (Lipinski definition) is 1. The van der Waals surface area contributed by atoms with E-state index in [2.05, 4.69) is 45.5 Å². The lowest BCUT2D eigenvalue weighted by Gasteiger charge is -2.36. The molecule has 25 heavy (non-hydrogen) atoms. The third-order valence-corrected chi connectivity index (χ3v) is 5.38. The Balaban J connectivity index is 1.42. The molecule has 2 fully saturated rings. The molecule has 5 nitrogen and oxygen atoms in total. The first-order valence-electron chi connectivity index (χ1n) is 9.40. The molecular weight excluding hydrogens is 312 g/mol. The van der Waals surface area contributed by atoms with E-state index in [1.807, 2.05) is 6.07 Å². The van der Waals surface area contributed by atoms with E-state index >= 15 is 0 Å². The normalized spacial score (nSPS) is 21.4. The molecule has 0 bridgehead atoms. The number of nitrogens with zero attached hydrogens (tertiary/aromatic N) is 3. The molecule has 2 aliphatic rings. The molecule has 1 saturated carbocycles. The van der Waals surface area contributed by atoms with E-state index in [0.717, 1.165) is 58.4 Å². The third kappa shape index (κ3) is 5.04. The second kappa shape index (κ2) is 8.46. The highest BCUT2D eigenvalue weighted by atomic mass is 16.2. The molecule has 134 valence electrons. The first kappa shape index (κ1) is 17.9. The molecule has 1 aromatic carbocycles. The van der Waals surface area contributed by atoms with Gasteiger partial charge in [0, 0.05) is 32.7 Å². The Morgan fingerprint density at radius 3 is 2.32 bits per heavy atom. The van der Waals surface area contributed by atoms with Crippen LogP contribution < -0.4 is 5.32 Å². The van der Waals surface area contributed by atoms with Crippen molar-refractivity contribution in [1.29, 1.82) is 5.26 Å². The van der Waals surface area contributed by atoms with E-state index in [1.165, 1.54) is 12.0 Å². The molecular formula is C20H28N4O. The van der Waals surface area contributed by atoms with Crippen molar-refractivity contribution in [3.63, 3.8) is 0 Å². The van der Waals surface area contributed by atoms with Crippen LogP contribution in [-0.4, -0.2) is 54.0 Å². The number of nitriles is 1. The fourth-order valence-corrected chi connectivity index (χ4v) is 3.88.